The number of carboxylic acid groups (broad SMARTS) is 1. The maximum Gasteiger partial charge on any atom is 0.411 e. The molecule has 2 aromatic rings. The Balaban J connectivity index is 2.28. The van der Waals surface area contributed by atoms with Crippen molar-refractivity contribution in [2.24, 2.45) is 0 Å². The number of amides is 1. The van der Waals surface area contributed by atoms with Gasteiger partial charge in [0, 0.05) is 16.2 Å². The highest BCUT2D eigenvalue weighted by Gasteiger charge is 2.22. The Hall–Kier alpha value is -2.06. The standard InChI is InChI=1S/C14H11BrF2N2O3/c15-8-3-10(6-18-5-8)19(14(21)22)7-13(20)11-4-9(16)1-2-12(11)17/h1-6,13,20H,7H2,(H,21,22)/t13-/m0/s1. The molecule has 2 N–H and O–H groups in total. The van der Waals surface area contributed by atoms with Crippen LogP contribution in [0, 0.1) is 11.6 Å². The summed E-state index contributed by atoms with van der Waals surface area (Å²) in [5, 5.41) is 19.3. The zero-order chi connectivity index (χ0) is 16.3. The van der Waals surface area contributed by atoms with E-state index in [0.29, 0.717) is 4.47 Å². The van der Waals surface area contributed by atoms with Crippen LogP contribution in [0.4, 0.5) is 19.3 Å². The van der Waals surface area contributed by atoms with Crippen molar-refractivity contribution in [2.45, 2.75) is 6.10 Å². The Bertz CT molecular complexity index is 700. The summed E-state index contributed by atoms with van der Waals surface area (Å²) >= 11 is 3.16. The Morgan fingerprint density at radius 3 is 2.68 bits per heavy atom. The molecular weight excluding hydrogens is 362 g/mol. The smallest absolute Gasteiger partial charge is 0.411 e. The van der Waals surface area contributed by atoms with Gasteiger partial charge in [-0.15, -0.1) is 0 Å². The van der Waals surface area contributed by atoms with E-state index >= 15 is 0 Å². The minimum Gasteiger partial charge on any atom is -0.465 e. The van der Waals surface area contributed by atoms with E-state index in [1.54, 1.807) is 0 Å². The largest absolute Gasteiger partial charge is 0.465 e. The molecule has 0 bridgehead atoms. The Morgan fingerprint density at radius 2 is 2.05 bits per heavy atom. The molecule has 0 aliphatic heterocycles. The lowest BCUT2D eigenvalue weighted by Crippen LogP contribution is -2.33. The molecule has 0 fully saturated rings. The molecule has 1 amide bonds. The van der Waals surface area contributed by atoms with Crippen LogP contribution in [0.2, 0.25) is 0 Å². The normalized spacial score (nSPS) is 12.0. The van der Waals surface area contributed by atoms with E-state index in [1.165, 1.54) is 18.5 Å². The summed E-state index contributed by atoms with van der Waals surface area (Å²) in [5.74, 6) is -1.53. The molecule has 8 heteroatoms. The van der Waals surface area contributed by atoms with Gasteiger partial charge in [0.25, 0.3) is 0 Å². The summed E-state index contributed by atoms with van der Waals surface area (Å²) in [6.45, 7) is -0.464. The minimum atomic E-state index is -1.52. The van der Waals surface area contributed by atoms with Crippen molar-refractivity contribution in [1.29, 1.82) is 0 Å². The molecule has 0 saturated carbocycles. The average molecular weight is 373 g/mol. The van der Waals surface area contributed by atoms with Crippen LogP contribution in [0.3, 0.4) is 0 Å². The second-order valence-electron chi connectivity index (χ2n) is 4.44. The van der Waals surface area contributed by atoms with E-state index < -0.39 is 30.4 Å². The van der Waals surface area contributed by atoms with Crippen LogP contribution in [0.15, 0.2) is 41.1 Å². The summed E-state index contributed by atoms with van der Waals surface area (Å²) in [5.41, 5.74) is -0.119. The first-order valence-electron chi connectivity index (χ1n) is 6.12. The van der Waals surface area contributed by atoms with Gasteiger partial charge in [-0.05, 0) is 40.2 Å². The minimum absolute atomic E-state index is 0.192. The zero-order valence-electron chi connectivity index (χ0n) is 11.1. The van der Waals surface area contributed by atoms with Gasteiger partial charge in [-0.3, -0.25) is 9.88 Å². The third-order valence-electron chi connectivity index (χ3n) is 2.91. The number of nitrogens with zero attached hydrogens (tertiary/aromatic N) is 2. The monoisotopic (exact) mass is 372 g/mol. The third-order valence-corrected chi connectivity index (χ3v) is 3.34. The fourth-order valence-electron chi connectivity index (χ4n) is 1.88. The summed E-state index contributed by atoms with van der Waals surface area (Å²) in [6, 6.07) is 4.10. The summed E-state index contributed by atoms with van der Waals surface area (Å²) < 4.78 is 27.3. The molecule has 0 radical (unpaired) electrons. The number of aliphatic hydroxyl groups is 1. The van der Waals surface area contributed by atoms with E-state index in [0.717, 1.165) is 23.1 Å². The highest BCUT2D eigenvalue weighted by molar-refractivity contribution is 9.10. The molecule has 116 valence electrons. The molecule has 22 heavy (non-hydrogen) atoms. The fraction of sp³-hybridized carbons (Fsp3) is 0.143. The number of pyridine rings is 1. The Labute approximate surface area is 133 Å². The van der Waals surface area contributed by atoms with Crippen LogP contribution in [0.25, 0.3) is 0 Å². The van der Waals surface area contributed by atoms with Crippen LogP contribution < -0.4 is 4.90 Å². The van der Waals surface area contributed by atoms with Gasteiger partial charge in [0.1, 0.15) is 17.7 Å². The van der Waals surface area contributed by atoms with Gasteiger partial charge in [0.2, 0.25) is 0 Å². The number of benzene rings is 1. The predicted molar refractivity (Wildman–Crippen MR) is 78.6 cm³/mol. The summed E-state index contributed by atoms with van der Waals surface area (Å²) in [6.07, 6.45) is -0.124. The first-order chi connectivity index (χ1) is 10.4. The van der Waals surface area contributed by atoms with Crippen LogP contribution in [0.5, 0.6) is 0 Å². The van der Waals surface area contributed by atoms with Crippen LogP contribution >= 0.6 is 15.9 Å². The molecule has 1 heterocycles. The molecule has 0 aliphatic carbocycles. The lowest BCUT2D eigenvalue weighted by molar-refractivity contribution is 0.166. The zero-order valence-corrected chi connectivity index (χ0v) is 12.7. The van der Waals surface area contributed by atoms with Gasteiger partial charge >= 0.3 is 6.09 Å². The van der Waals surface area contributed by atoms with Crippen molar-refractivity contribution in [3.63, 3.8) is 0 Å². The van der Waals surface area contributed by atoms with Crippen molar-refractivity contribution in [2.75, 3.05) is 11.4 Å². The van der Waals surface area contributed by atoms with Crippen molar-refractivity contribution >= 4 is 27.7 Å². The number of carbonyl (C=O) groups is 1. The lowest BCUT2D eigenvalue weighted by Gasteiger charge is -2.22. The van der Waals surface area contributed by atoms with Gasteiger partial charge < -0.3 is 10.2 Å². The van der Waals surface area contributed by atoms with E-state index in [2.05, 4.69) is 20.9 Å². The number of anilines is 1. The first-order valence-corrected chi connectivity index (χ1v) is 6.92. The molecule has 0 spiro atoms. The van der Waals surface area contributed by atoms with Gasteiger partial charge in [0.15, 0.2) is 0 Å². The molecule has 0 saturated heterocycles. The van der Waals surface area contributed by atoms with E-state index in [4.69, 9.17) is 0 Å². The SMILES string of the molecule is O=C(O)N(C[C@H](O)c1cc(F)ccc1F)c1cncc(Br)c1. The molecular formula is C14H11BrF2N2O3. The topological polar surface area (TPSA) is 73.7 Å². The number of aromatic nitrogens is 1. The summed E-state index contributed by atoms with van der Waals surface area (Å²) in [7, 11) is 0. The van der Waals surface area contributed by atoms with Crippen molar-refractivity contribution in [3.05, 3.63) is 58.3 Å². The molecule has 1 atom stereocenters. The Kier molecular flexibility index (Phi) is 5.04. The van der Waals surface area contributed by atoms with Gasteiger partial charge in [-0.25, -0.2) is 13.6 Å². The predicted octanol–water partition coefficient (Wildman–Crippen LogP) is 3.34. The number of hydrogen-bond acceptors (Lipinski definition) is 3. The quantitative estimate of drug-likeness (QED) is 0.862. The highest BCUT2D eigenvalue weighted by Crippen LogP contribution is 2.24. The van der Waals surface area contributed by atoms with Crippen molar-refractivity contribution in [3.8, 4) is 0 Å². The molecule has 0 aliphatic rings. The van der Waals surface area contributed by atoms with Gasteiger partial charge in [0.05, 0.1) is 18.4 Å². The van der Waals surface area contributed by atoms with Crippen molar-refractivity contribution in [1.82, 2.24) is 4.98 Å². The van der Waals surface area contributed by atoms with Crippen molar-refractivity contribution < 1.29 is 23.8 Å². The first kappa shape index (κ1) is 16.3. The fourth-order valence-corrected chi connectivity index (χ4v) is 2.24. The molecule has 1 aromatic carbocycles. The Morgan fingerprint density at radius 1 is 1.32 bits per heavy atom. The average Bonchev–Trinajstić information content (AvgIpc) is 2.46. The maximum atomic E-state index is 13.6. The number of halogens is 3. The molecule has 0 unspecified atom stereocenters. The number of rotatable bonds is 4. The van der Waals surface area contributed by atoms with Crippen LogP contribution in [-0.2, 0) is 0 Å². The van der Waals surface area contributed by atoms with Gasteiger partial charge in [-0.2, -0.15) is 0 Å². The van der Waals surface area contributed by atoms with Crippen LogP contribution in [-0.4, -0.2) is 27.8 Å². The second-order valence-corrected chi connectivity index (χ2v) is 5.35. The number of hydrogen-bond donors (Lipinski definition) is 2. The maximum absolute atomic E-state index is 13.6. The molecule has 2 rings (SSSR count). The van der Waals surface area contributed by atoms with E-state index in [-0.39, 0.29) is 11.3 Å². The molecule has 1 aromatic heterocycles. The van der Waals surface area contributed by atoms with E-state index in [1.807, 2.05) is 0 Å². The molecule has 5 nitrogen and oxygen atoms in total. The van der Waals surface area contributed by atoms with Gasteiger partial charge in [-0.1, -0.05) is 0 Å². The lowest BCUT2D eigenvalue weighted by atomic mass is 10.1. The third kappa shape index (κ3) is 3.77. The second kappa shape index (κ2) is 6.80. The number of aliphatic hydroxyl groups excluding tert-OH is 1. The van der Waals surface area contributed by atoms with Crippen LogP contribution in [0.1, 0.15) is 11.7 Å². The van der Waals surface area contributed by atoms with E-state index in [9.17, 15) is 23.8 Å². The summed E-state index contributed by atoms with van der Waals surface area (Å²) in [4.78, 5) is 16.0. The highest BCUT2D eigenvalue weighted by atomic mass is 79.9.